The number of aromatic nitrogens is 4. The van der Waals surface area contributed by atoms with E-state index in [2.05, 4.69) is 14.9 Å². The van der Waals surface area contributed by atoms with Crippen LogP contribution in [0, 0.1) is 6.92 Å². The molecular weight excluding hydrogens is 332 g/mol. The molecule has 2 saturated heterocycles. The number of likely N-dealkylation sites (tertiary alicyclic amines) is 1. The molecule has 2 aromatic rings. The number of aryl methyl sites for hydroxylation is 1. The molecule has 0 N–H and O–H groups in total. The van der Waals surface area contributed by atoms with Crippen molar-refractivity contribution in [1.82, 2.24) is 29.3 Å². The van der Waals surface area contributed by atoms with Crippen molar-refractivity contribution < 1.29 is 9.53 Å². The van der Waals surface area contributed by atoms with Gasteiger partial charge in [0.05, 0.1) is 43.9 Å². The van der Waals surface area contributed by atoms with Crippen molar-refractivity contribution >= 4 is 5.91 Å². The lowest BCUT2D eigenvalue weighted by atomic mass is 10.1. The van der Waals surface area contributed by atoms with Gasteiger partial charge in [-0.05, 0) is 26.3 Å². The molecule has 0 radical (unpaired) electrons. The van der Waals surface area contributed by atoms with E-state index in [1.54, 1.807) is 12.4 Å². The zero-order valence-electron chi connectivity index (χ0n) is 15.0. The van der Waals surface area contributed by atoms with Crippen LogP contribution in [0.5, 0.6) is 0 Å². The largest absolute Gasteiger partial charge is 0.378 e. The van der Waals surface area contributed by atoms with Gasteiger partial charge in [-0.1, -0.05) is 0 Å². The lowest BCUT2D eigenvalue weighted by Gasteiger charge is -2.30. The zero-order chi connectivity index (χ0) is 17.9. The summed E-state index contributed by atoms with van der Waals surface area (Å²) >= 11 is 0. The molecule has 0 unspecified atom stereocenters. The molecule has 2 fully saturated rings. The molecule has 0 aliphatic carbocycles. The van der Waals surface area contributed by atoms with Crippen LogP contribution in [-0.4, -0.2) is 74.6 Å². The maximum atomic E-state index is 12.6. The van der Waals surface area contributed by atoms with E-state index in [1.165, 1.54) is 0 Å². The SMILES string of the molecule is Cc1nccn1-c1cncc([C@H]2CCCN2CC(=O)N2CCOCC2)n1. The van der Waals surface area contributed by atoms with Crippen molar-refractivity contribution in [3.05, 3.63) is 36.3 Å². The highest BCUT2D eigenvalue weighted by atomic mass is 16.5. The lowest BCUT2D eigenvalue weighted by molar-refractivity contribution is -0.136. The predicted molar refractivity (Wildman–Crippen MR) is 94.8 cm³/mol. The van der Waals surface area contributed by atoms with Gasteiger partial charge in [0.1, 0.15) is 5.82 Å². The standard InChI is InChI=1S/C18H24N6O2/c1-14-20-4-6-24(14)17-12-19-11-15(21-17)16-3-2-5-23(16)13-18(25)22-7-9-26-10-8-22/h4,6,11-12,16H,2-3,5,7-10,13H2,1H3/t16-/m1/s1. The van der Waals surface area contributed by atoms with Crippen LogP contribution in [0.25, 0.3) is 5.82 Å². The number of hydrogen-bond donors (Lipinski definition) is 0. The van der Waals surface area contributed by atoms with Gasteiger partial charge in [0.15, 0.2) is 5.82 Å². The minimum absolute atomic E-state index is 0.135. The summed E-state index contributed by atoms with van der Waals surface area (Å²) < 4.78 is 7.26. The summed E-state index contributed by atoms with van der Waals surface area (Å²) in [5.74, 6) is 1.82. The molecule has 8 heteroatoms. The fourth-order valence-electron chi connectivity index (χ4n) is 3.70. The summed E-state index contributed by atoms with van der Waals surface area (Å²) in [5, 5.41) is 0. The van der Waals surface area contributed by atoms with Gasteiger partial charge in [0, 0.05) is 25.5 Å². The monoisotopic (exact) mass is 356 g/mol. The molecule has 0 bridgehead atoms. The molecule has 138 valence electrons. The first kappa shape index (κ1) is 17.1. The van der Waals surface area contributed by atoms with E-state index in [4.69, 9.17) is 9.72 Å². The third kappa shape index (κ3) is 3.47. The third-order valence-corrected chi connectivity index (χ3v) is 5.12. The van der Waals surface area contributed by atoms with Crippen LogP contribution in [0.15, 0.2) is 24.8 Å². The normalized spacial score (nSPS) is 21.3. The van der Waals surface area contributed by atoms with Crippen LogP contribution < -0.4 is 0 Å². The van der Waals surface area contributed by atoms with E-state index in [0.717, 1.165) is 36.7 Å². The highest BCUT2D eigenvalue weighted by Crippen LogP contribution is 2.30. The number of imidazole rings is 1. The van der Waals surface area contributed by atoms with Gasteiger partial charge in [0.25, 0.3) is 0 Å². The summed E-state index contributed by atoms with van der Waals surface area (Å²) in [6.07, 6.45) is 9.27. The van der Waals surface area contributed by atoms with Crippen molar-refractivity contribution in [2.24, 2.45) is 0 Å². The van der Waals surface area contributed by atoms with E-state index in [0.29, 0.717) is 32.8 Å². The van der Waals surface area contributed by atoms with Crippen molar-refractivity contribution in [2.45, 2.75) is 25.8 Å². The number of rotatable bonds is 4. The van der Waals surface area contributed by atoms with Gasteiger partial charge < -0.3 is 9.64 Å². The van der Waals surface area contributed by atoms with Gasteiger partial charge in [-0.3, -0.25) is 19.2 Å². The second kappa shape index (κ2) is 7.51. The Kier molecular flexibility index (Phi) is 4.94. The van der Waals surface area contributed by atoms with Crippen LogP contribution >= 0.6 is 0 Å². The summed E-state index contributed by atoms with van der Waals surface area (Å²) in [6.45, 7) is 5.92. The van der Waals surface area contributed by atoms with Crippen molar-refractivity contribution in [3.8, 4) is 5.82 Å². The fraction of sp³-hybridized carbons (Fsp3) is 0.556. The number of ether oxygens (including phenoxy) is 1. The average molecular weight is 356 g/mol. The van der Waals surface area contributed by atoms with Crippen LogP contribution in [0.1, 0.15) is 30.4 Å². The first-order chi connectivity index (χ1) is 12.7. The van der Waals surface area contributed by atoms with Gasteiger partial charge in [-0.25, -0.2) is 9.97 Å². The summed E-state index contributed by atoms with van der Waals surface area (Å²) in [7, 11) is 0. The Balaban J connectivity index is 1.49. The molecule has 4 rings (SSSR count). The Morgan fingerprint density at radius 3 is 2.88 bits per heavy atom. The molecular formula is C18H24N6O2. The van der Waals surface area contributed by atoms with Gasteiger partial charge in [0.2, 0.25) is 5.91 Å². The number of amides is 1. The molecule has 2 aliphatic rings. The van der Waals surface area contributed by atoms with Crippen molar-refractivity contribution in [1.29, 1.82) is 0 Å². The number of carbonyl (C=O) groups is 1. The second-order valence-electron chi connectivity index (χ2n) is 6.77. The maximum absolute atomic E-state index is 12.6. The first-order valence-corrected chi connectivity index (χ1v) is 9.14. The van der Waals surface area contributed by atoms with E-state index in [1.807, 2.05) is 28.8 Å². The molecule has 4 heterocycles. The Labute approximate surface area is 152 Å². The minimum atomic E-state index is 0.135. The van der Waals surface area contributed by atoms with Crippen LogP contribution in [0.4, 0.5) is 0 Å². The fourth-order valence-corrected chi connectivity index (χ4v) is 3.70. The van der Waals surface area contributed by atoms with Crippen LogP contribution in [0.3, 0.4) is 0 Å². The van der Waals surface area contributed by atoms with Gasteiger partial charge in [-0.2, -0.15) is 0 Å². The molecule has 1 amide bonds. The van der Waals surface area contributed by atoms with E-state index in [-0.39, 0.29) is 11.9 Å². The smallest absolute Gasteiger partial charge is 0.236 e. The summed E-state index contributed by atoms with van der Waals surface area (Å²) in [6, 6.07) is 0.135. The molecule has 0 saturated carbocycles. The second-order valence-corrected chi connectivity index (χ2v) is 6.77. The molecule has 2 aromatic heterocycles. The topological polar surface area (TPSA) is 76.4 Å². The zero-order valence-corrected chi connectivity index (χ0v) is 15.0. The van der Waals surface area contributed by atoms with Crippen LogP contribution in [-0.2, 0) is 9.53 Å². The maximum Gasteiger partial charge on any atom is 0.236 e. The van der Waals surface area contributed by atoms with Gasteiger partial charge >= 0.3 is 0 Å². The lowest BCUT2D eigenvalue weighted by Crippen LogP contribution is -2.45. The number of carbonyl (C=O) groups excluding carboxylic acids is 1. The molecule has 8 nitrogen and oxygen atoms in total. The van der Waals surface area contributed by atoms with E-state index in [9.17, 15) is 4.79 Å². The molecule has 0 aromatic carbocycles. The first-order valence-electron chi connectivity index (χ1n) is 9.14. The highest BCUT2D eigenvalue weighted by molar-refractivity contribution is 5.78. The average Bonchev–Trinajstić information content (AvgIpc) is 3.31. The van der Waals surface area contributed by atoms with E-state index < -0.39 is 0 Å². The highest BCUT2D eigenvalue weighted by Gasteiger charge is 2.30. The number of morpholine rings is 1. The third-order valence-electron chi connectivity index (χ3n) is 5.12. The molecule has 1 atom stereocenters. The summed E-state index contributed by atoms with van der Waals surface area (Å²) in [5.41, 5.74) is 0.919. The van der Waals surface area contributed by atoms with Crippen LogP contribution in [0.2, 0.25) is 0 Å². The molecule has 0 spiro atoms. The molecule has 26 heavy (non-hydrogen) atoms. The Morgan fingerprint density at radius 2 is 2.12 bits per heavy atom. The van der Waals surface area contributed by atoms with Crippen molar-refractivity contribution in [2.75, 3.05) is 39.4 Å². The van der Waals surface area contributed by atoms with Gasteiger partial charge in [-0.15, -0.1) is 0 Å². The predicted octanol–water partition coefficient (Wildman–Crippen LogP) is 0.966. The Hall–Kier alpha value is -2.32. The Bertz CT molecular complexity index is 771. The van der Waals surface area contributed by atoms with E-state index >= 15 is 0 Å². The molecule has 2 aliphatic heterocycles. The number of nitrogens with zero attached hydrogens (tertiary/aromatic N) is 6. The quantitative estimate of drug-likeness (QED) is 0.812. The minimum Gasteiger partial charge on any atom is -0.378 e. The number of hydrogen-bond acceptors (Lipinski definition) is 6. The Morgan fingerprint density at radius 1 is 1.27 bits per heavy atom. The summed E-state index contributed by atoms with van der Waals surface area (Å²) in [4.78, 5) is 30.2. The van der Waals surface area contributed by atoms with Crippen molar-refractivity contribution in [3.63, 3.8) is 0 Å².